The molecule has 0 saturated carbocycles. The van der Waals surface area contributed by atoms with E-state index in [2.05, 4.69) is 10.3 Å². The molecule has 1 rings (SSSR count). The average Bonchev–Trinajstić information content (AvgIpc) is 2.30. The third kappa shape index (κ3) is 5.14. The normalized spacial score (nSPS) is 12.1. The van der Waals surface area contributed by atoms with Gasteiger partial charge in [-0.3, -0.25) is 9.78 Å². The van der Waals surface area contributed by atoms with Gasteiger partial charge < -0.3 is 10.4 Å². The number of nitrogens with zero attached hydrogens (tertiary/aromatic N) is 1. The van der Waals surface area contributed by atoms with Gasteiger partial charge in [0.15, 0.2) is 0 Å². The Morgan fingerprint density at radius 1 is 1.56 bits per heavy atom. The van der Waals surface area contributed by atoms with Gasteiger partial charge in [0, 0.05) is 24.7 Å². The maximum Gasteiger partial charge on any atom is 0.234 e. The first-order valence-electron chi connectivity index (χ1n) is 5.11. The number of amides is 1. The van der Waals surface area contributed by atoms with Crippen LogP contribution in [0, 0.1) is 5.92 Å². The summed E-state index contributed by atoms with van der Waals surface area (Å²) in [5.41, 5.74) is 0.760. The van der Waals surface area contributed by atoms with Crippen LogP contribution in [0.4, 0.5) is 5.69 Å². The first kappa shape index (κ1) is 13.0. The van der Waals surface area contributed by atoms with Gasteiger partial charge in [-0.15, -0.1) is 0 Å². The van der Waals surface area contributed by atoms with Gasteiger partial charge in [-0.05, 0) is 23.8 Å². The molecule has 0 fully saturated rings. The molecule has 0 aliphatic rings. The summed E-state index contributed by atoms with van der Waals surface area (Å²) in [5.74, 6) is 1.41. The molecule has 0 aliphatic heterocycles. The van der Waals surface area contributed by atoms with Gasteiger partial charge in [0.1, 0.15) is 0 Å². The van der Waals surface area contributed by atoms with Gasteiger partial charge in [-0.25, -0.2) is 0 Å². The molecule has 0 aromatic carbocycles. The van der Waals surface area contributed by atoms with E-state index in [0.29, 0.717) is 5.75 Å². The van der Waals surface area contributed by atoms with Crippen molar-refractivity contribution in [3.8, 4) is 0 Å². The van der Waals surface area contributed by atoms with Crippen molar-refractivity contribution >= 4 is 23.4 Å². The zero-order valence-electron chi connectivity index (χ0n) is 9.22. The van der Waals surface area contributed by atoms with Crippen LogP contribution in [-0.2, 0) is 4.79 Å². The minimum Gasteiger partial charge on any atom is -0.396 e. The van der Waals surface area contributed by atoms with Crippen LogP contribution in [0.15, 0.2) is 24.5 Å². The summed E-state index contributed by atoms with van der Waals surface area (Å²) in [6.45, 7) is 2.12. The first-order chi connectivity index (χ1) is 7.72. The molecule has 1 heterocycles. The lowest BCUT2D eigenvalue weighted by Crippen LogP contribution is -2.15. The van der Waals surface area contributed by atoms with E-state index in [1.54, 1.807) is 24.5 Å². The third-order valence-electron chi connectivity index (χ3n) is 1.91. The topological polar surface area (TPSA) is 62.2 Å². The van der Waals surface area contributed by atoms with E-state index in [-0.39, 0.29) is 18.4 Å². The van der Waals surface area contributed by atoms with Crippen LogP contribution >= 0.6 is 11.8 Å². The quantitative estimate of drug-likeness (QED) is 0.788. The maximum atomic E-state index is 11.5. The summed E-state index contributed by atoms with van der Waals surface area (Å²) in [6.07, 6.45) is 3.27. The molecule has 1 amide bonds. The number of pyridine rings is 1. The Bertz CT molecular complexity index is 319. The fourth-order valence-corrected chi connectivity index (χ4v) is 1.92. The predicted octanol–water partition coefficient (Wildman–Crippen LogP) is 1.38. The minimum absolute atomic E-state index is 0.0265. The van der Waals surface area contributed by atoms with Crippen molar-refractivity contribution in [1.29, 1.82) is 0 Å². The SMILES string of the molecule is C[C@H](CO)CSCC(=O)Nc1ccncc1. The fourth-order valence-electron chi connectivity index (χ4n) is 1.04. The van der Waals surface area contributed by atoms with Crippen molar-refractivity contribution in [3.63, 3.8) is 0 Å². The maximum absolute atomic E-state index is 11.5. The second kappa shape index (κ2) is 7.24. The molecular weight excluding hydrogens is 224 g/mol. The number of thioether (sulfide) groups is 1. The number of aromatic nitrogens is 1. The summed E-state index contributed by atoms with van der Waals surface area (Å²) in [5, 5.41) is 11.6. The molecule has 88 valence electrons. The fraction of sp³-hybridized carbons (Fsp3) is 0.455. The molecule has 1 atom stereocenters. The Morgan fingerprint density at radius 2 is 2.25 bits per heavy atom. The predicted molar refractivity (Wildman–Crippen MR) is 66.4 cm³/mol. The van der Waals surface area contributed by atoms with Crippen LogP contribution in [-0.4, -0.2) is 34.1 Å². The monoisotopic (exact) mass is 240 g/mol. The van der Waals surface area contributed by atoms with Gasteiger partial charge in [0.2, 0.25) is 5.91 Å². The van der Waals surface area contributed by atoms with E-state index in [1.165, 1.54) is 11.8 Å². The van der Waals surface area contributed by atoms with Crippen LogP contribution in [0.3, 0.4) is 0 Å². The molecule has 4 nitrogen and oxygen atoms in total. The Balaban J connectivity index is 2.21. The highest BCUT2D eigenvalue weighted by Crippen LogP contribution is 2.09. The van der Waals surface area contributed by atoms with E-state index < -0.39 is 0 Å². The lowest BCUT2D eigenvalue weighted by molar-refractivity contribution is -0.113. The van der Waals surface area contributed by atoms with Crippen LogP contribution in [0.2, 0.25) is 0 Å². The lowest BCUT2D eigenvalue weighted by atomic mass is 10.2. The standard InChI is InChI=1S/C11H16N2O2S/c1-9(6-14)7-16-8-11(15)13-10-2-4-12-5-3-10/h2-5,9,14H,6-8H2,1H3,(H,12,13,15)/t9-/m1/s1. The Hall–Kier alpha value is -1.07. The van der Waals surface area contributed by atoms with E-state index in [0.717, 1.165) is 11.4 Å². The first-order valence-corrected chi connectivity index (χ1v) is 6.26. The molecule has 0 spiro atoms. The number of nitrogens with one attached hydrogen (secondary N) is 1. The van der Waals surface area contributed by atoms with Gasteiger partial charge in [-0.1, -0.05) is 6.92 Å². The highest BCUT2D eigenvalue weighted by atomic mass is 32.2. The zero-order valence-corrected chi connectivity index (χ0v) is 10.0. The number of aliphatic hydroxyl groups is 1. The van der Waals surface area contributed by atoms with Crippen molar-refractivity contribution in [2.45, 2.75) is 6.92 Å². The Labute approximate surface area is 99.5 Å². The molecule has 16 heavy (non-hydrogen) atoms. The van der Waals surface area contributed by atoms with Gasteiger partial charge >= 0.3 is 0 Å². The number of hydrogen-bond acceptors (Lipinski definition) is 4. The van der Waals surface area contributed by atoms with Crippen molar-refractivity contribution in [3.05, 3.63) is 24.5 Å². The van der Waals surface area contributed by atoms with E-state index in [9.17, 15) is 4.79 Å². The molecular formula is C11H16N2O2S. The lowest BCUT2D eigenvalue weighted by Gasteiger charge is -2.07. The number of rotatable bonds is 6. The Morgan fingerprint density at radius 3 is 2.88 bits per heavy atom. The van der Waals surface area contributed by atoms with E-state index >= 15 is 0 Å². The van der Waals surface area contributed by atoms with Crippen molar-refractivity contribution in [2.75, 3.05) is 23.4 Å². The van der Waals surface area contributed by atoms with Crippen molar-refractivity contribution < 1.29 is 9.90 Å². The Kier molecular flexibility index (Phi) is 5.88. The molecule has 1 aromatic heterocycles. The van der Waals surface area contributed by atoms with Crippen LogP contribution in [0.1, 0.15) is 6.92 Å². The summed E-state index contributed by atoms with van der Waals surface area (Å²) in [7, 11) is 0. The third-order valence-corrected chi connectivity index (χ3v) is 3.18. The summed E-state index contributed by atoms with van der Waals surface area (Å²) >= 11 is 1.53. The van der Waals surface area contributed by atoms with Crippen LogP contribution in [0.25, 0.3) is 0 Å². The highest BCUT2D eigenvalue weighted by molar-refractivity contribution is 7.99. The average molecular weight is 240 g/mol. The molecule has 0 radical (unpaired) electrons. The van der Waals surface area contributed by atoms with Crippen molar-refractivity contribution in [1.82, 2.24) is 4.98 Å². The summed E-state index contributed by atoms with van der Waals surface area (Å²) in [4.78, 5) is 15.3. The van der Waals surface area contributed by atoms with Crippen LogP contribution < -0.4 is 5.32 Å². The largest absolute Gasteiger partial charge is 0.396 e. The van der Waals surface area contributed by atoms with Gasteiger partial charge in [0.25, 0.3) is 0 Å². The number of hydrogen-bond donors (Lipinski definition) is 2. The summed E-state index contributed by atoms with van der Waals surface area (Å²) < 4.78 is 0. The molecule has 5 heteroatoms. The van der Waals surface area contributed by atoms with E-state index in [4.69, 9.17) is 5.11 Å². The summed E-state index contributed by atoms with van der Waals surface area (Å²) in [6, 6.07) is 3.50. The molecule has 1 aromatic rings. The smallest absolute Gasteiger partial charge is 0.234 e. The second-order valence-corrected chi connectivity index (χ2v) is 4.62. The molecule has 2 N–H and O–H groups in total. The molecule has 0 unspecified atom stereocenters. The number of carbonyl (C=O) groups excluding carboxylic acids is 1. The molecule has 0 saturated heterocycles. The van der Waals surface area contributed by atoms with Crippen molar-refractivity contribution in [2.24, 2.45) is 5.92 Å². The minimum atomic E-state index is -0.0265. The van der Waals surface area contributed by atoms with Crippen LogP contribution in [0.5, 0.6) is 0 Å². The van der Waals surface area contributed by atoms with Gasteiger partial charge in [-0.2, -0.15) is 11.8 Å². The zero-order chi connectivity index (χ0) is 11.8. The highest BCUT2D eigenvalue weighted by Gasteiger charge is 2.04. The number of carbonyl (C=O) groups is 1. The van der Waals surface area contributed by atoms with E-state index in [1.807, 2.05) is 6.92 Å². The molecule has 0 aliphatic carbocycles. The molecule has 0 bridgehead atoms. The number of aliphatic hydroxyl groups excluding tert-OH is 1. The van der Waals surface area contributed by atoms with Gasteiger partial charge in [0.05, 0.1) is 5.75 Å². The second-order valence-electron chi connectivity index (χ2n) is 3.59. The number of anilines is 1.